The van der Waals surface area contributed by atoms with E-state index in [0.29, 0.717) is 10.2 Å². The molecule has 0 aliphatic heterocycles. The third-order valence-corrected chi connectivity index (χ3v) is 3.41. The lowest BCUT2D eigenvalue weighted by molar-refractivity contribution is 0.0951. The lowest BCUT2D eigenvalue weighted by Gasteiger charge is -2.05. The highest BCUT2D eigenvalue weighted by Crippen LogP contribution is 2.33. The molecule has 0 bridgehead atoms. The topological polar surface area (TPSA) is 42.0 Å². The summed E-state index contributed by atoms with van der Waals surface area (Å²) in [6, 6.07) is 3.54. The van der Waals surface area contributed by atoms with Gasteiger partial charge in [-0.15, -0.1) is 0 Å². The van der Waals surface area contributed by atoms with Gasteiger partial charge >= 0.3 is 0 Å². The number of carbonyl (C=O) groups excluding carboxylic acids is 1. The summed E-state index contributed by atoms with van der Waals surface area (Å²) >= 11 is 3.27. The van der Waals surface area contributed by atoms with Crippen LogP contribution in [0.3, 0.4) is 0 Å². The second-order valence-electron chi connectivity index (χ2n) is 4.18. The number of pyridine rings is 1. The van der Waals surface area contributed by atoms with E-state index in [2.05, 4.69) is 26.2 Å². The van der Waals surface area contributed by atoms with E-state index in [4.69, 9.17) is 0 Å². The van der Waals surface area contributed by atoms with Crippen molar-refractivity contribution >= 4 is 21.8 Å². The SMILES string of the molecule is O=C(NCCCC1CC1)c1cccnc1Br. The molecule has 1 aromatic heterocycles. The number of rotatable bonds is 5. The van der Waals surface area contributed by atoms with E-state index < -0.39 is 0 Å². The number of hydrogen-bond acceptors (Lipinski definition) is 2. The molecule has 16 heavy (non-hydrogen) atoms. The van der Waals surface area contributed by atoms with Crippen molar-refractivity contribution in [3.8, 4) is 0 Å². The molecule has 1 aliphatic rings. The van der Waals surface area contributed by atoms with Crippen LogP contribution in [0.15, 0.2) is 22.9 Å². The van der Waals surface area contributed by atoms with Crippen LogP contribution >= 0.6 is 15.9 Å². The van der Waals surface area contributed by atoms with E-state index in [1.165, 1.54) is 19.3 Å². The van der Waals surface area contributed by atoms with Gasteiger partial charge in [0.25, 0.3) is 5.91 Å². The van der Waals surface area contributed by atoms with Gasteiger partial charge in [0, 0.05) is 12.7 Å². The molecule has 1 aliphatic carbocycles. The molecule has 4 heteroatoms. The normalized spacial score (nSPS) is 14.8. The number of hydrogen-bond donors (Lipinski definition) is 1. The molecule has 0 radical (unpaired) electrons. The van der Waals surface area contributed by atoms with Crippen molar-refractivity contribution in [2.24, 2.45) is 5.92 Å². The Morgan fingerprint density at radius 3 is 3.06 bits per heavy atom. The Morgan fingerprint density at radius 1 is 1.56 bits per heavy atom. The second kappa shape index (κ2) is 5.43. The maximum Gasteiger partial charge on any atom is 0.254 e. The van der Waals surface area contributed by atoms with Gasteiger partial charge in [-0.3, -0.25) is 4.79 Å². The lowest BCUT2D eigenvalue weighted by atomic mass is 10.2. The fourth-order valence-electron chi connectivity index (χ4n) is 1.65. The van der Waals surface area contributed by atoms with Crippen molar-refractivity contribution in [1.82, 2.24) is 10.3 Å². The fraction of sp³-hybridized carbons (Fsp3) is 0.500. The third kappa shape index (κ3) is 3.30. The van der Waals surface area contributed by atoms with Gasteiger partial charge in [0.2, 0.25) is 0 Å². The third-order valence-electron chi connectivity index (χ3n) is 2.78. The van der Waals surface area contributed by atoms with Crippen molar-refractivity contribution in [3.63, 3.8) is 0 Å². The van der Waals surface area contributed by atoms with Crippen LogP contribution in [0, 0.1) is 5.92 Å². The zero-order chi connectivity index (χ0) is 11.4. The van der Waals surface area contributed by atoms with Gasteiger partial charge in [0.1, 0.15) is 4.60 Å². The Kier molecular flexibility index (Phi) is 3.93. The summed E-state index contributed by atoms with van der Waals surface area (Å²) in [4.78, 5) is 15.8. The molecule has 0 saturated heterocycles. The zero-order valence-corrected chi connectivity index (χ0v) is 10.7. The highest BCUT2D eigenvalue weighted by molar-refractivity contribution is 9.10. The van der Waals surface area contributed by atoms with Gasteiger partial charge in [-0.1, -0.05) is 12.8 Å². The van der Waals surface area contributed by atoms with Crippen molar-refractivity contribution in [2.45, 2.75) is 25.7 Å². The number of halogens is 1. The maximum absolute atomic E-state index is 11.7. The highest BCUT2D eigenvalue weighted by atomic mass is 79.9. The van der Waals surface area contributed by atoms with Crippen LogP contribution in [0.1, 0.15) is 36.0 Å². The first kappa shape index (κ1) is 11.6. The van der Waals surface area contributed by atoms with Crippen LogP contribution in [-0.2, 0) is 0 Å². The molecule has 86 valence electrons. The first-order valence-electron chi connectivity index (χ1n) is 5.66. The lowest BCUT2D eigenvalue weighted by Crippen LogP contribution is -2.25. The smallest absolute Gasteiger partial charge is 0.254 e. The Labute approximate surface area is 104 Å². The Bertz CT molecular complexity index is 377. The van der Waals surface area contributed by atoms with E-state index in [1.54, 1.807) is 18.3 Å². The molecule has 1 heterocycles. The summed E-state index contributed by atoms with van der Waals surface area (Å²) in [5.41, 5.74) is 0.605. The molecule has 0 spiro atoms. The number of nitrogens with one attached hydrogen (secondary N) is 1. The fourth-order valence-corrected chi connectivity index (χ4v) is 2.08. The van der Waals surface area contributed by atoms with Gasteiger partial charge in [0.05, 0.1) is 5.56 Å². The van der Waals surface area contributed by atoms with Crippen molar-refractivity contribution in [3.05, 3.63) is 28.5 Å². The van der Waals surface area contributed by atoms with Gasteiger partial charge in [-0.2, -0.15) is 0 Å². The van der Waals surface area contributed by atoms with Crippen molar-refractivity contribution < 1.29 is 4.79 Å². The number of amides is 1. The van der Waals surface area contributed by atoms with Crippen molar-refractivity contribution in [2.75, 3.05) is 6.54 Å². The van der Waals surface area contributed by atoms with Crippen LogP contribution in [0.2, 0.25) is 0 Å². The predicted molar refractivity (Wildman–Crippen MR) is 66.2 cm³/mol. The van der Waals surface area contributed by atoms with Crippen LogP contribution < -0.4 is 5.32 Å². The van der Waals surface area contributed by atoms with E-state index in [9.17, 15) is 4.79 Å². The molecule has 1 aromatic rings. The van der Waals surface area contributed by atoms with Gasteiger partial charge in [0.15, 0.2) is 0 Å². The molecule has 3 nitrogen and oxygen atoms in total. The molecule has 0 unspecified atom stereocenters. The highest BCUT2D eigenvalue weighted by Gasteiger charge is 2.20. The van der Waals surface area contributed by atoms with E-state index >= 15 is 0 Å². The zero-order valence-electron chi connectivity index (χ0n) is 9.08. The molecule has 2 rings (SSSR count). The van der Waals surface area contributed by atoms with E-state index in [-0.39, 0.29) is 5.91 Å². The Balaban J connectivity index is 1.76. The largest absolute Gasteiger partial charge is 0.352 e. The first-order valence-corrected chi connectivity index (χ1v) is 6.45. The number of nitrogens with zero attached hydrogens (tertiary/aromatic N) is 1. The van der Waals surface area contributed by atoms with E-state index in [0.717, 1.165) is 18.9 Å². The Morgan fingerprint density at radius 2 is 2.38 bits per heavy atom. The first-order chi connectivity index (χ1) is 7.77. The summed E-state index contributed by atoms with van der Waals surface area (Å²) < 4.78 is 0.606. The van der Waals surface area contributed by atoms with Crippen LogP contribution in [-0.4, -0.2) is 17.4 Å². The quantitative estimate of drug-likeness (QED) is 0.667. The average molecular weight is 283 g/mol. The minimum atomic E-state index is -0.0456. The predicted octanol–water partition coefficient (Wildman–Crippen LogP) is 2.76. The maximum atomic E-state index is 11.7. The number of aromatic nitrogens is 1. The van der Waals surface area contributed by atoms with Crippen molar-refractivity contribution in [1.29, 1.82) is 0 Å². The molecule has 1 saturated carbocycles. The van der Waals surface area contributed by atoms with Gasteiger partial charge in [-0.25, -0.2) is 4.98 Å². The summed E-state index contributed by atoms with van der Waals surface area (Å²) in [6.45, 7) is 0.761. The van der Waals surface area contributed by atoms with Gasteiger partial charge in [-0.05, 0) is 46.8 Å². The molecular weight excluding hydrogens is 268 g/mol. The molecule has 1 N–H and O–H groups in total. The summed E-state index contributed by atoms with van der Waals surface area (Å²) in [5, 5.41) is 2.91. The molecule has 1 amide bonds. The minimum absolute atomic E-state index is 0.0456. The standard InChI is InChI=1S/C12H15BrN2O/c13-11-10(4-2-7-14-11)12(16)15-8-1-3-9-5-6-9/h2,4,7,9H,1,3,5-6,8H2,(H,15,16). The second-order valence-corrected chi connectivity index (χ2v) is 4.93. The molecule has 1 fully saturated rings. The van der Waals surface area contributed by atoms with Crippen LogP contribution in [0.4, 0.5) is 0 Å². The molecule has 0 aromatic carbocycles. The number of carbonyl (C=O) groups is 1. The molecular formula is C12H15BrN2O. The summed E-state index contributed by atoms with van der Waals surface area (Å²) in [7, 11) is 0. The van der Waals surface area contributed by atoms with Crippen LogP contribution in [0.5, 0.6) is 0 Å². The van der Waals surface area contributed by atoms with Gasteiger partial charge < -0.3 is 5.32 Å². The summed E-state index contributed by atoms with van der Waals surface area (Å²) in [5.74, 6) is 0.887. The molecule has 0 atom stereocenters. The average Bonchev–Trinajstić information content (AvgIpc) is 3.08. The summed E-state index contributed by atoms with van der Waals surface area (Å²) in [6.07, 6.45) is 6.74. The monoisotopic (exact) mass is 282 g/mol. The minimum Gasteiger partial charge on any atom is -0.352 e. The Hall–Kier alpha value is -0.900. The van der Waals surface area contributed by atoms with Crippen LogP contribution in [0.25, 0.3) is 0 Å². The van der Waals surface area contributed by atoms with E-state index in [1.807, 2.05) is 0 Å².